The van der Waals surface area contributed by atoms with Crippen molar-refractivity contribution in [3.8, 4) is 0 Å². The van der Waals surface area contributed by atoms with E-state index in [0.29, 0.717) is 5.92 Å². The molecule has 1 amide bonds. The molecule has 0 radical (unpaired) electrons. The van der Waals surface area contributed by atoms with E-state index in [4.69, 9.17) is 0 Å². The van der Waals surface area contributed by atoms with Crippen LogP contribution in [0.4, 0.5) is 0 Å². The lowest BCUT2D eigenvalue weighted by molar-refractivity contribution is -0.116. The van der Waals surface area contributed by atoms with Gasteiger partial charge in [0.2, 0.25) is 5.91 Å². The Labute approximate surface area is 76.2 Å². The van der Waals surface area contributed by atoms with Crippen LogP contribution < -0.4 is 5.32 Å². The van der Waals surface area contributed by atoms with E-state index >= 15 is 0 Å². The van der Waals surface area contributed by atoms with Gasteiger partial charge in [-0.05, 0) is 12.0 Å². The van der Waals surface area contributed by atoms with Crippen LogP contribution in [0.1, 0.15) is 13.8 Å². The number of rotatable bonds is 4. The summed E-state index contributed by atoms with van der Waals surface area (Å²) in [5, 5.41) is 3.49. The largest absolute Gasteiger partial charge is 0.352 e. The van der Waals surface area contributed by atoms with E-state index in [-0.39, 0.29) is 5.91 Å². The molecule has 1 N–H and O–H groups in total. The summed E-state index contributed by atoms with van der Waals surface area (Å²) >= 11 is 3.19. The minimum atomic E-state index is -0.0156. The lowest BCUT2D eigenvalue weighted by Crippen LogP contribution is -2.25. The van der Waals surface area contributed by atoms with Gasteiger partial charge in [0.1, 0.15) is 0 Å². The highest BCUT2D eigenvalue weighted by molar-refractivity contribution is 9.09. The third kappa shape index (κ3) is 7.59. The van der Waals surface area contributed by atoms with Crippen LogP contribution in [0.3, 0.4) is 0 Å². The molecule has 0 fully saturated rings. The number of carbonyl (C=O) groups excluding carboxylic acids is 1. The van der Waals surface area contributed by atoms with Gasteiger partial charge in [-0.3, -0.25) is 4.79 Å². The zero-order valence-corrected chi connectivity index (χ0v) is 8.52. The average molecular weight is 220 g/mol. The lowest BCUT2D eigenvalue weighted by Gasteiger charge is -2.03. The first-order chi connectivity index (χ1) is 5.16. The Kier molecular flexibility index (Phi) is 6.22. The molecule has 0 aliphatic rings. The first-order valence-electron chi connectivity index (χ1n) is 3.67. The smallest absolute Gasteiger partial charge is 0.243 e. The van der Waals surface area contributed by atoms with Crippen molar-refractivity contribution in [3.05, 3.63) is 12.2 Å². The molecule has 0 bridgehead atoms. The zero-order chi connectivity index (χ0) is 8.69. The number of amides is 1. The number of alkyl halides is 1. The van der Waals surface area contributed by atoms with Crippen LogP contribution in [-0.4, -0.2) is 17.8 Å². The Bertz CT molecular complexity index is 143. The molecular weight excluding hydrogens is 206 g/mol. The van der Waals surface area contributed by atoms with Gasteiger partial charge >= 0.3 is 0 Å². The van der Waals surface area contributed by atoms with Crippen LogP contribution in [0.25, 0.3) is 0 Å². The highest BCUT2D eigenvalue weighted by Gasteiger charge is 1.95. The predicted molar refractivity (Wildman–Crippen MR) is 50.8 cm³/mol. The molecule has 0 rings (SSSR count). The van der Waals surface area contributed by atoms with Gasteiger partial charge in [-0.2, -0.15) is 0 Å². The maximum Gasteiger partial charge on any atom is 0.243 e. The highest BCUT2D eigenvalue weighted by atomic mass is 79.9. The fraction of sp³-hybridized carbons (Fsp3) is 0.625. The van der Waals surface area contributed by atoms with Crippen molar-refractivity contribution in [1.82, 2.24) is 5.32 Å². The van der Waals surface area contributed by atoms with Gasteiger partial charge < -0.3 is 5.32 Å². The van der Waals surface area contributed by atoms with E-state index in [1.165, 1.54) is 6.08 Å². The summed E-state index contributed by atoms with van der Waals surface area (Å²) in [4.78, 5) is 10.9. The van der Waals surface area contributed by atoms with Crippen LogP contribution in [0.15, 0.2) is 12.2 Å². The molecule has 0 saturated heterocycles. The van der Waals surface area contributed by atoms with Crippen LogP contribution in [0.5, 0.6) is 0 Å². The second-order valence-corrected chi connectivity index (χ2v) is 3.34. The molecule has 11 heavy (non-hydrogen) atoms. The van der Waals surface area contributed by atoms with Gasteiger partial charge in [0.25, 0.3) is 0 Å². The molecule has 0 aromatic heterocycles. The fourth-order valence-electron chi connectivity index (χ4n) is 0.515. The lowest BCUT2D eigenvalue weighted by atomic mass is 10.2. The summed E-state index contributed by atoms with van der Waals surface area (Å²) in [7, 11) is 0. The third-order valence-electron chi connectivity index (χ3n) is 1.04. The number of hydrogen-bond donors (Lipinski definition) is 1. The number of hydrogen-bond acceptors (Lipinski definition) is 1. The summed E-state index contributed by atoms with van der Waals surface area (Å²) in [6.45, 7) is 4.87. The van der Waals surface area contributed by atoms with Gasteiger partial charge in [-0.15, -0.1) is 0 Å². The van der Waals surface area contributed by atoms with E-state index in [1.807, 2.05) is 0 Å². The Morgan fingerprint density at radius 1 is 1.64 bits per heavy atom. The molecule has 0 aromatic carbocycles. The van der Waals surface area contributed by atoms with Crippen molar-refractivity contribution in [3.63, 3.8) is 0 Å². The topological polar surface area (TPSA) is 29.1 Å². The minimum absolute atomic E-state index is 0.0156. The molecule has 0 spiro atoms. The van der Waals surface area contributed by atoms with Crippen LogP contribution in [0.2, 0.25) is 0 Å². The number of nitrogens with one attached hydrogen (secondary N) is 1. The average Bonchev–Trinajstić information content (AvgIpc) is 1.97. The van der Waals surface area contributed by atoms with E-state index in [0.717, 1.165) is 11.9 Å². The standard InChI is InChI=1S/C8H14BrNO/c1-7(2)6-10-8(11)4-3-5-9/h3-4,7H,5-6H2,1-2H3,(H,10,11)/b4-3+. The number of allylic oxidation sites excluding steroid dienone is 1. The van der Waals surface area contributed by atoms with E-state index in [1.54, 1.807) is 6.08 Å². The normalized spacial score (nSPS) is 10.9. The minimum Gasteiger partial charge on any atom is -0.352 e. The van der Waals surface area contributed by atoms with Crippen molar-refractivity contribution in [2.45, 2.75) is 13.8 Å². The summed E-state index contributed by atoms with van der Waals surface area (Å²) in [5.74, 6) is 0.495. The Balaban J connectivity index is 3.45. The van der Waals surface area contributed by atoms with Gasteiger partial charge in [0, 0.05) is 11.9 Å². The summed E-state index contributed by atoms with van der Waals surface area (Å²) in [6.07, 6.45) is 3.31. The maximum absolute atomic E-state index is 10.9. The van der Waals surface area contributed by atoms with Gasteiger partial charge in [0.15, 0.2) is 0 Å². The van der Waals surface area contributed by atoms with Crippen molar-refractivity contribution in [2.24, 2.45) is 5.92 Å². The molecule has 2 nitrogen and oxygen atoms in total. The second-order valence-electron chi connectivity index (χ2n) is 2.70. The van der Waals surface area contributed by atoms with Crippen LogP contribution in [0, 0.1) is 5.92 Å². The maximum atomic E-state index is 10.9. The molecule has 0 atom stereocenters. The van der Waals surface area contributed by atoms with E-state index in [2.05, 4.69) is 35.1 Å². The quantitative estimate of drug-likeness (QED) is 0.567. The predicted octanol–water partition coefficient (Wildman–Crippen LogP) is 1.71. The molecule has 0 aromatic rings. The first-order valence-corrected chi connectivity index (χ1v) is 4.79. The van der Waals surface area contributed by atoms with Gasteiger partial charge in [-0.25, -0.2) is 0 Å². The molecule has 3 heteroatoms. The van der Waals surface area contributed by atoms with Crippen molar-refractivity contribution in [2.75, 3.05) is 11.9 Å². The molecule has 0 unspecified atom stereocenters. The molecule has 0 saturated carbocycles. The number of carbonyl (C=O) groups is 1. The van der Waals surface area contributed by atoms with Crippen molar-refractivity contribution < 1.29 is 4.79 Å². The summed E-state index contributed by atoms with van der Waals surface area (Å²) in [5.41, 5.74) is 0. The van der Waals surface area contributed by atoms with Crippen LogP contribution >= 0.6 is 15.9 Å². The Morgan fingerprint density at radius 3 is 2.73 bits per heavy atom. The van der Waals surface area contributed by atoms with Crippen LogP contribution in [-0.2, 0) is 4.79 Å². The van der Waals surface area contributed by atoms with Crippen molar-refractivity contribution >= 4 is 21.8 Å². The zero-order valence-electron chi connectivity index (χ0n) is 6.93. The third-order valence-corrected chi connectivity index (χ3v) is 1.42. The van der Waals surface area contributed by atoms with Gasteiger partial charge in [0.05, 0.1) is 0 Å². The summed E-state index contributed by atoms with van der Waals surface area (Å²) < 4.78 is 0. The fourth-order valence-corrected chi connectivity index (χ4v) is 0.702. The van der Waals surface area contributed by atoms with E-state index < -0.39 is 0 Å². The highest BCUT2D eigenvalue weighted by Crippen LogP contribution is 1.87. The monoisotopic (exact) mass is 219 g/mol. The first kappa shape index (κ1) is 10.7. The van der Waals surface area contributed by atoms with Crippen molar-refractivity contribution in [1.29, 1.82) is 0 Å². The Hall–Kier alpha value is -0.310. The molecule has 0 aliphatic heterocycles. The Morgan fingerprint density at radius 2 is 2.27 bits per heavy atom. The summed E-state index contributed by atoms with van der Waals surface area (Å²) in [6, 6.07) is 0. The van der Waals surface area contributed by atoms with E-state index in [9.17, 15) is 4.79 Å². The number of halogens is 1. The molecular formula is C8H14BrNO. The second kappa shape index (κ2) is 6.40. The molecule has 0 heterocycles. The van der Waals surface area contributed by atoms with Gasteiger partial charge in [-0.1, -0.05) is 35.9 Å². The molecule has 64 valence electrons. The SMILES string of the molecule is CC(C)CNC(=O)/C=C/CBr. The molecule has 0 aliphatic carbocycles.